The van der Waals surface area contributed by atoms with E-state index in [1.165, 1.54) is 5.56 Å². The molecule has 1 aliphatic rings. The molecule has 0 bridgehead atoms. The minimum absolute atomic E-state index is 0.0473. The van der Waals surface area contributed by atoms with Crippen LogP contribution in [0, 0.1) is 0 Å². The van der Waals surface area contributed by atoms with Gasteiger partial charge in [0.05, 0.1) is 13.2 Å². The Bertz CT molecular complexity index is 445. The van der Waals surface area contributed by atoms with E-state index in [4.69, 9.17) is 4.74 Å². The van der Waals surface area contributed by atoms with Crippen molar-refractivity contribution < 1.29 is 9.53 Å². The van der Waals surface area contributed by atoms with Crippen molar-refractivity contribution in [3.8, 4) is 5.75 Å². The van der Waals surface area contributed by atoms with Gasteiger partial charge < -0.3 is 10.1 Å². The first-order chi connectivity index (χ1) is 9.24. The van der Waals surface area contributed by atoms with Crippen LogP contribution < -0.4 is 15.4 Å². The van der Waals surface area contributed by atoms with Gasteiger partial charge in [0.15, 0.2) is 0 Å². The molecule has 1 atom stereocenters. The van der Waals surface area contributed by atoms with Crippen molar-refractivity contribution >= 4 is 17.7 Å². The zero-order valence-corrected chi connectivity index (χ0v) is 12.2. The second-order valence-electron chi connectivity index (χ2n) is 4.49. The highest BCUT2D eigenvalue weighted by Gasteiger charge is 2.21. The van der Waals surface area contributed by atoms with Gasteiger partial charge in [0.1, 0.15) is 5.75 Å². The molecule has 0 aliphatic carbocycles. The Kier molecular flexibility index (Phi) is 5.10. The number of benzene rings is 1. The minimum Gasteiger partial charge on any atom is -0.496 e. The zero-order chi connectivity index (χ0) is 13.7. The molecule has 2 rings (SSSR count). The molecule has 1 aromatic carbocycles. The predicted molar refractivity (Wildman–Crippen MR) is 78.5 cm³/mol. The summed E-state index contributed by atoms with van der Waals surface area (Å²) in [6.45, 7) is 2.67. The van der Waals surface area contributed by atoms with Crippen molar-refractivity contribution in [1.29, 1.82) is 0 Å². The summed E-state index contributed by atoms with van der Waals surface area (Å²) in [4.78, 5) is 11.9. The van der Waals surface area contributed by atoms with Crippen LogP contribution in [0.5, 0.6) is 5.75 Å². The van der Waals surface area contributed by atoms with Crippen LogP contribution in [0.2, 0.25) is 0 Å². The number of nitrogens with one attached hydrogen (secondary N) is 2. The van der Waals surface area contributed by atoms with Crippen LogP contribution in [-0.2, 0) is 17.8 Å². The Balaban J connectivity index is 1.93. The number of ether oxygens (including phenoxy) is 1. The van der Waals surface area contributed by atoms with E-state index < -0.39 is 0 Å². The van der Waals surface area contributed by atoms with Crippen molar-refractivity contribution in [2.45, 2.75) is 25.9 Å². The predicted octanol–water partition coefficient (Wildman–Crippen LogP) is 1.54. The van der Waals surface area contributed by atoms with Crippen molar-refractivity contribution in [3.05, 3.63) is 29.3 Å². The first kappa shape index (κ1) is 14.2. The number of aryl methyl sites for hydroxylation is 1. The quantitative estimate of drug-likeness (QED) is 0.859. The molecule has 1 aromatic rings. The third-order valence-corrected chi connectivity index (χ3v) is 4.17. The molecule has 5 heteroatoms. The third kappa shape index (κ3) is 3.64. The molecule has 1 heterocycles. The first-order valence-electron chi connectivity index (χ1n) is 6.49. The largest absolute Gasteiger partial charge is 0.496 e. The van der Waals surface area contributed by atoms with Crippen LogP contribution in [0.3, 0.4) is 0 Å². The minimum atomic E-state index is -0.0473. The van der Waals surface area contributed by atoms with Gasteiger partial charge in [0, 0.05) is 18.2 Å². The Morgan fingerprint density at radius 1 is 1.58 bits per heavy atom. The van der Waals surface area contributed by atoms with E-state index in [2.05, 4.69) is 23.6 Å². The van der Waals surface area contributed by atoms with E-state index in [1.807, 2.05) is 12.1 Å². The normalized spacial score (nSPS) is 18.3. The Hall–Kier alpha value is -1.20. The monoisotopic (exact) mass is 280 g/mol. The smallest absolute Gasteiger partial charge is 0.238 e. The molecule has 4 nitrogen and oxygen atoms in total. The van der Waals surface area contributed by atoms with E-state index >= 15 is 0 Å². The first-order valence-corrected chi connectivity index (χ1v) is 7.64. The van der Waals surface area contributed by atoms with Crippen LogP contribution in [0.15, 0.2) is 18.2 Å². The molecule has 1 aliphatic heterocycles. The Labute approximate surface area is 118 Å². The number of rotatable bonds is 5. The lowest BCUT2D eigenvalue weighted by Gasteiger charge is -2.12. The number of hydrogen-bond donors (Lipinski definition) is 2. The van der Waals surface area contributed by atoms with Gasteiger partial charge in [0.25, 0.3) is 0 Å². The number of methoxy groups -OCH3 is 1. The summed E-state index contributed by atoms with van der Waals surface area (Å²) in [5.41, 5.74) is 2.28. The number of carbonyl (C=O) groups is 1. The van der Waals surface area contributed by atoms with Gasteiger partial charge in [-0.25, -0.2) is 0 Å². The maximum absolute atomic E-state index is 11.9. The lowest BCUT2D eigenvalue weighted by molar-refractivity contribution is -0.122. The van der Waals surface area contributed by atoms with Crippen LogP contribution in [-0.4, -0.2) is 30.7 Å². The molecule has 1 amide bonds. The number of amides is 1. The lowest BCUT2D eigenvalue weighted by Crippen LogP contribution is -2.41. The maximum atomic E-state index is 11.9. The third-order valence-electron chi connectivity index (χ3n) is 3.23. The molecule has 104 valence electrons. The maximum Gasteiger partial charge on any atom is 0.238 e. The van der Waals surface area contributed by atoms with Gasteiger partial charge in [-0.15, -0.1) is 11.8 Å². The summed E-state index contributed by atoms with van der Waals surface area (Å²) in [5, 5.41) is 6.14. The summed E-state index contributed by atoms with van der Waals surface area (Å²) in [6, 6.07) is 6.00. The van der Waals surface area contributed by atoms with Gasteiger partial charge in [0.2, 0.25) is 5.91 Å². The van der Waals surface area contributed by atoms with E-state index in [0.29, 0.717) is 6.54 Å². The highest BCUT2D eigenvalue weighted by atomic mass is 32.2. The molecule has 19 heavy (non-hydrogen) atoms. The van der Waals surface area contributed by atoms with Crippen LogP contribution in [0.4, 0.5) is 0 Å². The topological polar surface area (TPSA) is 50.4 Å². The lowest BCUT2D eigenvalue weighted by atomic mass is 10.1. The average Bonchev–Trinajstić information content (AvgIpc) is 2.98. The standard InChI is InChI=1S/C14H20N2O2S/c1-3-11-6-10(4-5-13(11)18-2)7-15-14(17)12-8-19-9-16-12/h4-6,12,16H,3,7-9H2,1-2H3,(H,15,17). The SMILES string of the molecule is CCc1cc(CNC(=O)C2CSCN2)ccc1OC. The molecular formula is C14H20N2O2S. The van der Waals surface area contributed by atoms with Crippen LogP contribution >= 0.6 is 11.8 Å². The van der Waals surface area contributed by atoms with Gasteiger partial charge in [-0.05, 0) is 23.6 Å². The molecule has 0 aromatic heterocycles. The fraction of sp³-hybridized carbons (Fsp3) is 0.500. The molecule has 1 saturated heterocycles. The van der Waals surface area contributed by atoms with Crippen LogP contribution in [0.25, 0.3) is 0 Å². The van der Waals surface area contributed by atoms with Crippen LogP contribution in [0.1, 0.15) is 18.1 Å². The molecule has 0 radical (unpaired) electrons. The summed E-state index contributed by atoms with van der Waals surface area (Å²) in [6.07, 6.45) is 0.922. The zero-order valence-electron chi connectivity index (χ0n) is 11.4. The second kappa shape index (κ2) is 6.82. The van der Waals surface area contributed by atoms with Crippen molar-refractivity contribution in [1.82, 2.24) is 10.6 Å². The molecular weight excluding hydrogens is 260 g/mol. The molecule has 1 unspecified atom stereocenters. The van der Waals surface area contributed by atoms with Gasteiger partial charge in [-0.2, -0.15) is 0 Å². The van der Waals surface area contributed by atoms with E-state index in [-0.39, 0.29) is 11.9 Å². The highest BCUT2D eigenvalue weighted by molar-refractivity contribution is 7.99. The summed E-state index contributed by atoms with van der Waals surface area (Å²) in [7, 11) is 1.68. The summed E-state index contributed by atoms with van der Waals surface area (Å²) >= 11 is 1.75. The van der Waals surface area contributed by atoms with Crippen molar-refractivity contribution in [3.63, 3.8) is 0 Å². The number of thioether (sulfide) groups is 1. The number of carbonyl (C=O) groups excluding carboxylic acids is 1. The van der Waals surface area contributed by atoms with E-state index in [0.717, 1.165) is 29.4 Å². The van der Waals surface area contributed by atoms with E-state index in [1.54, 1.807) is 18.9 Å². The van der Waals surface area contributed by atoms with Crippen molar-refractivity contribution in [2.75, 3.05) is 18.7 Å². The Morgan fingerprint density at radius 2 is 2.42 bits per heavy atom. The van der Waals surface area contributed by atoms with Crippen molar-refractivity contribution in [2.24, 2.45) is 0 Å². The fourth-order valence-corrected chi connectivity index (χ4v) is 3.04. The molecule has 0 saturated carbocycles. The summed E-state index contributed by atoms with van der Waals surface area (Å²) in [5.74, 6) is 2.71. The molecule has 2 N–H and O–H groups in total. The van der Waals surface area contributed by atoms with Gasteiger partial charge >= 0.3 is 0 Å². The highest BCUT2D eigenvalue weighted by Crippen LogP contribution is 2.20. The summed E-state index contributed by atoms with van der Waals surface area (Å²) < 4.78 is 5.30. The molecule has 0 spiro atoms. The van der Waals surface area contributed by atoms with Gasteiger partial charge in [-0.1, -0.05) is 19.1 Å². The molecule has 1 fully saturated rings. The van der Waals surface area contributed by atoms with Gasteiger partial charge in [-0.3, -0.25) is 10.1 Å². The second-order valence-corrected chi connectivity index (χ2v) is 5.52. The fourth-order valence-electron chi connectivity index (χ4n) is 2.09. The Morgan fingerprint density at radius 3 is 3.05 bits per heavy atom. The van der Waals surface area contributed by atoms with E-state index in [9.17, 15) is 4.79 Å². The average molecular weight is 280 g/mol. The number of hydrogen-bond acceptors (Lipinski definition) is 4.